The molecule has 3 heteroatoms. The maximum atomic E-state index is 9.96. The lowest BCUT2D eigenvalue weighted by atomic mass is 9.91. The zero-order chi connectivity index (χ0) is 13.9. The van der Waals surface area contributed by atoms with E-state index in [9.17, 15) is 5.11 Å². The molecular formula is C16H25NO2. The van der Waals surface area contributed by atoms with Crippen LogP contribution in [0.15, 0.2) is 30.3 Å². The van der Waals surface area contributed by atoms with Gasteiger partial charge in [0, 0.05) is 6.04 Å². The molecule has 1 saturated carbocycles. The highest BCUT2D eigenvalue weighted by Crippen LogP contribution is 2.30. The van der Waals surface area contributed by atoms with Crippen LogP contribution in [0.2, 0.25) is 0 Å². The van der Waals surface area contributed by atoms with Crippen LogP contribution in [0, 0.1) is 0 Å². The van der Waals surface area contributed by atoms with Crippen LogP contribution in [-0.2, 0) is 10.3 Å². The lowest BCUT2D eigenvalue weighted by molar-refractivity contribution is -0.0518. The van der Waals surface area contributed by atoms with Crippen LogP contribution in [0.25, 0.3) is 0 Å². The van der Waals surface area contributed by atoms with Crippen LogP contribution in [-0.4, -0.2) is 30.0 Å². The summed E-state index contributed by atoms with van der Waals surface area (Å²) in [4.78, 5) is 0. The normalized spacial score (nSPS) is 19.2. The van der Waals surface area contributed by atoms with Gasteiger partial charge in [-0.05, 0) is 39.2 Å². The quantitative estimate of drug-likeness (QED) is 0.828. The van der Waals surface area contributed by atoms with Crippen LogP contribution in [0.4, 0.5) is 0 Å². The first-order valence-corrected chi connectivity index (χ1v) is 7.03. The van der Waals surface area contributed by atoms with Crippen molar-refractivity contribution in [3.8, 4) is 0 Å². The molecule has 2 N–H and O–H groups in total. The second kappa shape index (κ2) is 5.61. The lowest BCUT2D eigenvalue weighted by Gasteiger charge is -2.36. The fourth-order valence-corrected chi connectivity index (χ4v) is 2.11. The Labute approximate surface area is 116 Å². The fraction of sp³-hybridized carbons (Fsp3) is 0.625. The number of hydrogen-bond donors (Lipinski definition) is 2. The van der Waals surface area contributed by atoms with Crippen LogP contribution < -0.4 is 5.32 Å². The van der Waals surface area contributed by atoms with Crippen molar-refractivity contribution in [2.75, 3.05) is 13.2 Å². The summed E-state index contributed by atoms with van der Waals surface area (Å²) >= 11 is 0. The third-order valence-corrected chi connectivity index (χ3v) is 3.41. The van der Waals surface area contributed by atoms with Gasteiger partial charge >= 0.3 is 0 Å². The van der Waals surface area contributed by atoms with Crippen LogP contribution in [0.3, 0.4) is 0 Å². The molecule has 1 aliphatic carbocycles. The van der Waals surface area contributed by atoms with Gasteiger partial charge in [0.25, 0.3) is 0 Å². The van der Waals surface area contributed by atoms with E-state index in [0.29, 0.717) is 12.6 Å². The summed E-state index contributed by atoms with van der Waals surface area (Å²) in [5, 5.41) is 13.5. The molecule has 2 rings (SSSR count). The minimum Gasteiger partial charge on any atom is -0.394 e. The van der Waals surface area contributed by atoms with E-state index < -0.39 is 5.54 Å². The molecule has 0 spiro atoms. The second-order valence-corrected chi connectivity index (χ2v) is 6.43. The molecule has 1 atom stereocenters. The van der Waals surface area contributed by atoms with Crippen molar-refractivity contribution in [1.82, 2.24) is 5.32 Å². The largest absolute Gasteiger partial charge is 0.394 e. The monoisotopic (exact) mass is 263 g/mol. The molecule has 0 amide bonds. The van der Waals surface area contributed by atoms with E-state index >= 15 is 0 Å². The number of benzene rings is 1. The van der Waals surface area contributed by atoms with Gasteiger partial charge in [0.1, 0.15) is 0 Å². The predicted molar refractivity (Wildman–Crippen MR) is 77.1 cm³/mol. The Hall–Kier alpha value is -0.900. The van der Waals surface area contributed by atoms with E-state index in [0.717, 1.165) is 5.56 Å². The average Bonchev–Trinajstić information content (AvgIpc) is 3.18. The average molecular weight is 263 g/mol. The SMILES string of the molecule is CC(C)(C)OCC(CO)(NC1CC1)c1ccccc1. The second-order valence-electron chi connectivity index (χ2n) is 6.43. The molecule has 1 fully saturated rings. The Morgan fingerprint density at radius 3 is 2.32 bits per heavy atom. The van der Waals surface area contributed by atoms with Crippen molar-refractivity contribution in [3.63, 3.8) is 0 Å². The Morgan fingerprint density at radius 2 is 1.84 bits per heavy atom. The summed E-state index contributed by atoms with van der Waals surface area (Å²) in [6.45, 7) is 6.64. The van der Waals surface area contributed by atoms with E-state index in [1.807, 2.05) is 39.0 Å². The Bertz CT molecular complexity index is 395. The molecule has 106 valence electrons. The molecule has 0 heterocycles. The highest BCUT2D eigenvalue weighted by molar-refractivity contribution is 5.25. The van der Waals surface area contributed by atoms with Gasteiger partial charge in [-0.25, -0.2) is 0 Å². The van der Waals surface area contributed by atoms with Crippen LogP contribution in [0.5, 0.6) is 0 Å². The van der Waals surface area contributed by atoms with Crippen molar-refractivity contribution in [1.29, 1.82) is 0 Å². The Balaban J connectivity index is 2.19. The van der Waals surface area contributed by atoms with E-state index in [1.54, 1.807) is 0 Å². The van der Waals surface area contributed by atoms with Crippen molar-refractivity contribution in [3.05, 3.63) is 35.9 Å². The summed E-state index contributed by atoms with van der Waals surface area (Å²) < 4.78 is 5.95. The summed E-state index contributed by atoms with van der Waals surface area (Å²) in [5.74, 6) is 0. The van der Waals surface area contributed by atoms with Gasteiger partial charge in [-0.15, -0.1) is 0 Å². The summed E-state index contributed by atoms with van der Waals surface area (Å²) in [6, 6.07) is 10.6. The minimum absolute atomic E-state index is 0.0452. The molecular weight excluding hydrogens is 238 g/mol. The minimum atomic E-state index is -0.490. The number of ether oxygens (including phenoxy) is 1. The summed E-state index contributed by atoms with van der Waals surface area (Å²) in [7, 11) is 0. The molecule has 1 unspecified atom stereocenters. The van der Waals surface area contributed by atoms with Crippen LogP contribution >= 0.6 is 0 Å². The van der Waals surface area contributed by atoms with Gasteiger partial charge in [-0.3, -0.25) is 0 Å². The van der Waals surface area contributed by atoms with Gasteiger partial charge < -0.3 is 15.2 Å². The first-order valence-electron chi connectivity index (χ1n) is 7.03. The third kappa shape index (κ3) is 4.03. The summed E-state index contributed by atoms with van der Waals surface area (Å²) in [6.07, 6.45) is 2.37. The molecule has 0 radical (unpaired) electrons. The highest BCUT2D eigenvalue weighted by Gasteiger charge is 2.38. The first kappa shape index (κ1) is 14.5. The van der Waals surface area contributed by atoms with Gasteiger partial charge in [-0.2, -0.15) is 0 Å². The van der Waals surface area contributed by atoms with E-state index in [2.05, 4.69) is 17.4 Å². The van der Waals surface area contributed by atoms with E-state index in [1.165, 1.54) is 12.8 Å². The standard InChI is InChI=1S/C16H25NO2/c1-15(2,3)19-12-16(11-18,17-14-9-10-14)13-7-5-4-6-8-13/h4-8,14,17-18H,9-12H2,1-3H3. The maximum Gasteiger partial charge on any atom is 0.0908 e. The van der Waals surface area contributed by atoms with E-state index in [-0.39, 0.29) is 12.2 Å². The molecule has 0 aliphatic heterocycles. The van der Waals surface area contributed by atoms with Gasteiger partial charge in [0.2, 0.25) is 0 Å². The number of nitrogens with one attached hydrogen (secondary N) is 1. The van der Waals surface area contributed by atoms with E-state index in [4.69, 9.17) is 4.74 Å². The Kier molecular flexibility index (Phi) is 4.29. The Morgan fingerprint density at radius 1 is 1.21 bits per heavy atom. The smallest absolute Gasteiger partial charge is 0.0908 e. The third-order valence-electron chi connectivity index (χ3n) is 3.41. The number of aliphatic hydroxyl groups excluding tert-OH is 1. The van der Waals surface area contributed by atoms with Crippen LogP contribution in [0.1, 0.15) is 39.2 Å². The lowest BCUT2D eigenvalue weighted by Crippen LogP contribution is -2.51. The topological polar surface area (TPSA) is 41.5 Å². The number of hydrogen-bond acceptors (Lipinski definition) is 3. The maximum absolute atomic E-state index is 9.96. The van der Waals surface area contributed by atoms with Gasteiger partial charge in [0.15, 0.2) is 0 Å². The molecule has 1 aliphatic rings. The highest BCUT2D eigenvalue weighted by atomic mass is 16.5. The zero-order valence-electron chi connectivity index (χ0n) is 12.1. The van der Waals surface area contributed by atoms with Crippen molar-refractivity contribution < 1.29 is 9.84 Å². The van der Waals surface area contributed by atoms with Gasteiger partial charge in [0.05, 0.1) is 24.4 Å². The zero-order valence-corrected chi connectivity index (χ0v) is 12.1. The van der Waals surface area contributed by atoms with Crippen molar-refractivity contribution in [2.45, 2.75) is 50.8 Å². The summed E-state index contributed by atoms with van der Waals surface area (Å²) in [5.41, 5.74) is 0.393. The fourth-order valence-electron chi connectivity index (χ4n) is 2.11. The molecule has 0 aromatic heterocycles. The number of aliphatic hydroxyl groups is 1. The molecule has 0 bridgehead atoms. The van der Waals surface area contributed by atoms with Gasteiger partial charge in [-0.1, -0.05) is 30.3 Å². The molecule has 3 nitrogen and oxygen atoms in total. The number of rotatable bonds is 6. The van der Waals surface area contributed by atoms with Crippen molar-refractivity contribution in [2.24, 2.45) is 0 Å². The molecule has 1 aromatic carbocycles. The first-order chi connectivity index (χ1) is 8.95. The predicted octanol–water partition coefficient (Wildman–Crippen LogP) is 2.44. The molecule has 19 heavy (non-hydrogen) atoms. The molecule has 0 saturated heterocycles. The van der Waals surface area contributed by atoms with Crippen molar-refractivity contribution >= 4 is 0 Å². The molecule has 1 aromatic rings.